The first kappa shape index (κ1) is 11.9. The molecule has 17 heavy (non-hydrogen) atoms. The minimum absolute atomic E-state index is 0.0514. The molecule has 1 aromatic rings. The Morgan fingerprint density at radius 2 is 2.12 bits per heavy atom. The van der Waals surface area contributed by atoms with E-state index in [4.69, 9.17) is 4.74 Å². The minimum Gasteiger partial charge on any atom is -0.350 e. The van der Waals surface area contributed by atoms with Gasteiger partial charge in [0.15, 0.2) is 0 Å². The van der Waals surface area contributed by atoms with E-state index in [0.29, 0.717) is 12.0 Å². The third kappa shape index (κ3) is 1.86. The van der Waals surface area contributed by atoms with E-state index in [1.165, 1.54) is 11.6 Å². The van der Waals surface area contributed by atoms with Gasteiger partial charge in [-0.25, -0.2) is 4.79 Å². The molecule has 1 fully saturated rings. The highest BCUT2D eigenvalue weighted by atomic mass is 16.5. The third-order valence-electron chi connectivity index (χ3n) is 3.17. The molecule has 0 N–H and O–H groups in total. The van der Waals surface area contributed by atoms with Crippen molar-refractivity contribution in [3.63, 3.8) is 0 Å². The van der Waals surface area contributed by atoms with Gasteiger partial charge in [0, 0.05) is 25.2 Å². The van der Waals surface area contributed by atoms with Crippen LogP contribution < -0.4 is 11.2 Å². The fraction of sp³-hybridized carbons (Fsp3) is 0.500. The maximum Gasteiger partial charge on any atom is 0.332 e. The summed E-state index contributed by atoms with van der Waals surface area (Å²) < 4.78 is 8.20. The molecular weight excluding hydrogens is 220 g/mol. The average molecular weight is 236 g/mol. The first-order chi connectivity index (χ1) is 7.91. The molecule has 0 amide bonds. The average Bonchev–Trinajstić information content (AvgIpc) is 2.61. The standard InChI is InChI=1S/C12H16N2O3/c1-7-5-10(17-9(7)3)14-6-8(2)11(15)13(4)12(14)16/h6,9-10H,1,5H2,2-4H3. The molecule has 2 atom stereocenters. The summed E-state index contributed by atoms with van der Waals surface area (Å²) in [7, 11) is 1.47. The second-order valence-electron chi connectivity index (χ2n) is 4.46. The van der Waals surface area contributed by atoms with Crippen LogP contribution in [0, 0.1) is 6.92 Å². The van der Waals surface area contributed by atoms with E-state index in [2.05, 4.69) is 6.58 Å². The Kier molecular flexibility index (Phi) is 2.79. The van der Waals surface area contributed by atoms with Crippen LogP contribution >= 0.6 is 0 Å². The number of aromatic nitrogens is 2. The molecule has 5 nitrogen and oxygen atoms in total. The Hall–Kier alpha value is -1.62. The lowest BCUT2D eigenvalue weighted by Crippen LogP contribution is -2.40. The fourth-order valence-electron chi connectivity index (χ4n) is 1.98. The van der Waals surface area contributed by atoms with Gasteiger partial charge in [0.1, 0.15) is 6.23 Å². The van der Waals surface area contributed by atoms with Gasteiger partial charge in [-0.15, -0.1) is 0 Å². The van der Waals surface area contributed by atoms with Crippen molar-refractivity contribution in [2.75, 3.05) is 0 Å². The monoisotopic (exact) mass is 236 g/mol. The van der Waals surface area contributed by atoms with Crippen LogP contribution in [0.4, 0.5) is 0 Å². The molecule has 1 aromatic heterocycles. The summed E-state index contributed by atoms with van der Waals surface area (Å²) in [5.74, 6) is 0. The molecule has 2 heterocycles. The molecule has 92 valence electrons. The largest absolute Gasteiger partial charge is 0.350 e. The van der Waals surface area contributed by atoms with Gasteiger partial charge in [-0.1, -0.05) is 6.58 Å². The van der Waals surface area contributed by atoms with Crippen molar-refractivity contribution >= 4 is 0 Å². The third-order valence-corrected chi connectivity index (χ3v) is 3.17. The molecule has 1 aliphatic rings. The van der Waals surface area contributed by atoms with Crippen LogP contribution in [0.15, 0.2) is 27.9 Å². The van der Waals surface area contributed by atoms with Crippen LogP contribution in [0.5, 0.6) is 0 Å². The summed E-state index contributed by atoms with van der Waals surface area (Å²) in [6, 6.07) is 0. The SMILES string of the molecule is C=C1CC(n2cc(C)c(=O)n(C)c2=O)OC1C. The van der Waals surface area contributed by atoms with Gasteiger partial charge in [0.05, 0.1) is 6.10 Å². The van der Waals surface area contributed by atoms with Crippen molar-refractivity contribution in [3.05, 3.63) is 44.8 Å². The van der Waals surface area contributed by atoms with E-state index in [-0.39, 0.29) is 23.6 Å². The maximum absolute atomic E-state index is 12.0. The Morgan fingerprint density at radius 3 is 2.65 bits per heavy atom. The smallest absolute Gasteiger partial charge is 0.332 e. The van der Waals surface area contributed by atoms with Gasteiger partial charge in [-0.05, 0) is 19.4 Å². The van der Waals surface area contributed by atoms with E-state index in [1.807, 2.05) is 6.92 Å². The molecule has 0 bridgehead atoms. The molecule has 0 aromatic carbocycles. The molecule has 2 unspecified atom stereocenters. The zero-order chi connectivity index (χ0) is 12.7. The first-order valence-corrected chi connectivity index (χ1v) is 5.53. The molecule has 0 aliphatic carbocycles. The fourth-order valence-corrected chi connectivity index (χ4v) is 1.98. The van der Waals surface area contributed by atoms with Crippen molar-refractivity contribution < 1.29 is 4.74 Å². The Balaban J connectivity index is 2.51. The summed E-state index contributed by atoms with van der Waals surface area (Å²) in [5.41, 5.74) is 0.873. The van der Waals surface area contributed by atoms with Crippen molar-refractivity contribution in [1.29, 1.82) is 0 Å². The zero-order valence-corrected chi connectivity index (χ0v) is 10.3. The zero-order valence-electron chi connectivity index (χ0n) is 10.3. The number of hydrogen-bond acceptors (Lipinski definition) is 3. The number of rotatable bonds is 1. The van der Waals surface area contributed by atoms with Crippen molar-refractivity contribution in [3.8, 4) is 0 Å². The van der Waals surface area contributed by atoms with Crippen LogP contribution in [-0.4, -0.2) is 15.2 Å². The minimum atomic E-state index is -0.354. The molecule has 0 spiro atoms. The number of hydrogen-bond donors (Lipinski definition) is 0. The highest BCUT2D eigenvalue weighted by Crippen LogP contribution is 2.30. The van der Waals surface area contributed by atoms with Crippen LogP contribution in [-0.2, 0) is 11.8 Å². The predicted octanol–water partition coefficient (Wildman–Crippen LogP) is 0.719. The van der Waals surface area contributed by atoms with Crippen molar-refractivity contribution in [2.45, 2.75) is 32.6 Å². The van der Waals surface area contributed by atoms with Gasteiger partial charge in [0.25, 0.3) is 5.56 Å². The lowest BCUT2D eigenvalue weighted by Gasteiger charge is -2.15. The molecule has 5 heteroatoms. The Morgan fingerprint density at radius 1 is 1.47 bits per heavy atom. The molecule has 0 radical (unpaired) electrons. The second kappa shape index (κ2) is 4.00. The molecule has 0 saturated carbocycles. The van der Waals surface area contributed by atoms with Crippen LogP contribution in [0.1, 0.15) is 25.1 Å². The van der Waals surface area contributed by atoms with Gasteiger partial charge in [-0.3, -0.25) is 13.9 Å². The van der Waals surface area contributed by atoms with E-state index < -0.39 is 0 Å². The molecule has 2 rings (SSSR count). The molecule has 1 saturated heterocycles. The maximum atomic E-state index is 12.0. The second-order valence-corrected chi connectivity index (χ2v) is 4.46. The van der Waals surface area contributed by atoms with E-state index in [0.717, 1.165) is 10.1 Å². The summed E-state index contributed by atoms with van der Waals surface area (Å²) >= 11 is 0. The van der Waals surface area contributed by atoms with Gasteiger partial charge >= 0.3 is 5.69 Å². The molecular formula is C12H16N2O3. The van der Waals surface area contributed by atoms with Crippen LogP contribution in [0.3, 0.4) is 0 Å². The topological polar surface area (TPSA) is 53.2 Å². The van der Waals surface area contributed by atoms with Gasteiger partial charge in [0.2, 0.25) is 0 Å². The van der Waals surface area contributed by atoms with Crippen molar-refractivity contribution in [2.24, 2.45) is 7.05 Å². The summed E-state index contributed by atoms with van der Waals surface area (Å²) in [4.78, 5) is 23.5. The van der Waals surface area contributed by atoms with E-state index in [1.54, 1.807) is 13.1 Å². The van der Waals surface area contributed by atoms with Gasteiger partial charge < -0.3 is 4.74 Å². The summed E-state index contributed by atoms with van der Waals surface area (Å²) in [6.45, 7) is 7.49. The van der Waals surface area contributed by atoms with Gasteiger partial charge in [-0.2, -0.15) is 0 Å². The quantitative estimate of drug-likeness (QED) is 0.675. The summed E-state index contributed by atoms with van der Waals surface area (Å²) in [6.07, 6.45) is 1.76. The number of ether oxygens (including phenoxy) is 1. The lowest BCUT2D eigenvalue weighted by molar-refractivity contribution is 0.0110. The van der Waals surface area contributed by atoms with Crippen LogP contribution in [0.2, 0.25) is 0 Å². The highest BCUT2D eigenvalue weighted by Gasteiger charge is 2.28. The Bertz CT molecular complexity index is 582. The van der Waals surface area contributed by atoms with E-state index in [9.17, 15) is 9.59 Å². The Labute approximate surface area is 99.0 Å². The van der Waals surface area contributed by atoms with E-state index >= 15 is 0 Å². The highest BCUT2D eigenvalue weighted by molar-refractivity contribution is 5.09. The normalized spacial score (nSPS) is 24.3. The first-order valence-electron chi connectivity index (χ1n) is 5.53. The summed E-state index contributed by atoms with van der Waals surface area (Å²) in [5, 5.41) is 0. The predicted molar refractivity (Wildman–Crippen MR) is 64.0 cm³/mol. The van der Waals surface area contributed by atoms with Crippen molar-refractivity contribution in [1.82, 2.24) is 9.13 Å². The van der Waals surface area contributed by atoms with Crippen LogP contribution in [0.25, 0.3) is 0 Å². The molecule has 1 aliphatic heterocycles. The lowest BCUT2D eigenvalue weighted by atomic mass is 10.1. The number of aryl methyl sites for hydroxylation is 1. The number of nitrogens with zero attached hydrogens (tertiary/aromatic N) is 2.